The molecule has 0 unspecified atom stereocenters. The average molecular weight is 416 g/mol. The van der Waals surface area contributed by atoms with Gasteiger partial charge in [-0.15, -0.1) is 0 Å². The summed E-state index contributed by atoms with van der Waals surface area (Å²) >= 11 is 0. The minimum absolute atomic E-state index is 0.105. The Labute approximate surface area is 171 Å². The smallest absolute Gasteiger partial charge is 0.412 e. The maximum Gasteiger partial charge on any atom is 0.412 e. The first-order valence-corrected chi connectivity index (χ1v) is 8.85. The zero-order chi connectivity index (χ0) is 21.5. The highest BCUT2D eigenvalue weighted by Gasteiger charge is 2.19. The molecule has 3 rings (SSSR count). The van der Waals surface area contributed by atoms with Gasteiger partial charge < -0.3 is 24.1 Å². The number of fused-ring (bicyclic) bond motifs is 1. The van der Waals surface area contributed by atoms with E-state index >= 15 is 0 Å². The molecule has 1 heterocycles. The molecule has 0 spiro atoms. The van der Waals surface area contributed by atoms with Crippen LogP contribution in [0.25, 0.3) is 0 Å². The van der Waals surface area contributed by atoms with Crippen molar-refractivity contribution in [2.75, 3.05) is 19.2 Å². The fourth-order valence-electron chi connectivity index (χ4n) is 2.75. The molecule has 1 aliphatic rings. The number of hydrogen-bond donors (Lipinski definition) is 4. The van der Waals surface area contributed by atoms with Gasteiger partial charge in [0.15, 0.2) is 23.0 Å². The number of aromatic hydroxyl groups is 1. The molecule has 1 aliphatic heterocycles. The van der Waals surface area contributed by atoms with Crippen LogP contribution in [-0.2, 0) is 9.53 Å². The third-order valence-electron chi connectivity index (χ3n) is 4.17. The van der Waals surface area contributed by atoms with E-state index in [1.54, 1.807) is 24.3 Å². The van der Waals surface area contributed by atoms with Crippen LogP contribution in [0.2, 0.25) is 0 Å². The van der Waals surface area contributed by atoms with Crippen molar-refractivity contribution in [1.29, 1.82) is 0 Å². The molecule has 0 fully saturated rings. The van der Waals surface area contributed by atoms with Crippen LogP contribution in [0.1, 0.15) is 18.1 Å². The first-order chi connectivity index (χ1) is 14.5. The molecular formula is C20H20N2O8. The molecular weight excluding hydrogens is 396 g/mol. The summed E-state index contributed by atoms with van der Waals surface area (Å²) < 4.78 is 21.0. The Morgan fingerprint density at radius 2 is 2.00 bits per heavy atom. The van der Waals surface area contributed by atoms with Crippen LogP contribution in [-0.4, -0.2) is 36.2 Å². The monoisotopic (exact) mass is 416 g/mol. The molecule has 4 N–H and O–H groups in total. The molecule has 2 aromatic rings. The van der Waals surface area contributed by atoms with E-state index in [0.717, 1.165) is 6.08 Å². The summed E-state index contributed by atoms with van der Waals surface area (Å²) in [7, 11) is 1.41. The SMILES string of the molecule is COc1ccc([C@H](C/C=C/C(=O)NO)OC(=O)Nc2ccc3c(c2)OCO3)cc1O. The first-order valence-electron chi connectivity index (χ1n) is 8.85. The summed E-state index contributed by atoms with van der Waals surface area (Å²) in [6, 6.07) is 9.44. The lowest BCUT2D eigenvalue weighted by atomic mass is 10.1. The van der Waals surface area contributed by atoms with Crippen molar-refractivity contribution in [3.05, 3.63) is 54.1 Å². The van der Waals surface area contributed by atoms with Crippen molar-refractivity contribution < 1.29 is 38.9 Å². The van der Waals surface area contributed by atoms with E-state index in [0.29, 0.717) is 22.7 Å². The summed E-state index contributed by atoms with van der Waals surface area (Å²) in [6.07, 6.45) is 1.03. The van der Waals surface area contributed by atoms with Crippen molar-refractivity contribution in [1.82, 2.24) is 5.48 Å². The van der Waals surface area contributed by atoms with Crippen molar-refractivity contribution in [2.24, 2.45) is 0 Å². The summed E-state index contributed by atoms with van der Waals surface area (Å²) in [5.41, 5.74) is 2.39. The number of phenols is 1. The summed E-state index contributed by atoms with van der Waals surface area (Å²) in [6.45, 7) is 0.111. The Bertz CT molecular complexity index is 960. The van der Waals surface area contributed by atoms with Gasteiger partial charge in [-0.3, -0.25) is 15.3 Å². The molecule has 0 saturated carbocycles. The molecule has 1 atom stereocenters. The summed E-state index contributed by atoms with van der Waals surface area (Å²) in [4.78, 5) is 23.6. The predicted octanol–water partition coefficient (Wildman–Crippen LogP) is 2.87. The van der Waals surface area contributed by atoms with E-state index in [4.69, 9.17) is 24.2 Å². The fourth-order valence-corrected chi connectivity index (χ4v) is 2.75. The molecule has 10 heteroatoms. The van der Waals surface area contributed by atoms with Gasteiger partial charge in [-0.1, -0.05) is 12.1 Å². The molecule has 0 saturated heterocycles. The van der Waals surface area contributed by atoms with Crippen molar-refractivity contribution >= 4 is 17.7 Å². The number of benzene rings is 2. The van der Waals surface area contributed by atoms with Gasteiger partial charge in [0, 0.05) is 24.3 Å². The number of anilines is 1. The zero-order valence-corrected chi connectivity index (χ0v) is 16.0. The quantitative estimate of drug-likeness (QED) is 0.307. The molecule has 2 aromatic carbocycles. The van der Waals surface area contributed by atoms with E-state index in [1.807, 2.05) is 0 Å². The van der Waals surface area contributed by atoms with Crippen LogP contribution in [0.3, 0.4) is 0 Å². The van der Waals surface area contributed by atoms with Crippen molar-refractivity contribution in [3.63, 3.8) is 0 Å². The Hall–Kier alpha value is -3.92. The van der Waals surface area contributed by atoms with E-state index in [1.165, 1.54) is 30.8 Å². The number of carbonyl (C=O) groups excluding carboxylic acids is 2. The lowest BCUT2D eigenvalue weighted by molar-refractivity contribution is -0.124. The zero-order valence-electron chi connectivity index (χ0n) is 16.0. The van der Waals surface area contributed by atoms with Gasteiger partial charge in [-0.25, -0.2) is 10.3 Å². The van der Waals surface area contributed by atoms with E-state index in [9.17, 15) is 14.7 Å². The number of hydroxylamine groups is 1. The maximum absolute atomic E-state index is 12.4. The Morgan fingerprint density at radius 1 is 1.20 bits per heavy atom. The number of nitrogens with one attached hydrogen (secondary N) is 2. The number of amides is 2. The molecule has 0 bridgehead atoms. The third kappa shape index (κ3) is 5.11. The molecule has 0 aliphatic carbocycles. The van der Waals surface area contributed by atoms with Crippen LogP contribution in [0.4, 0.5) is 10.5 Å². The van der Waals surface area contributed by atoms with Gasteiger partial charge in [0.05, 0.1) is 7.11 Å². The Kier molecular flexibility index (Phi) is 6.60. The second kappa shape index (κ2) is 9.52. The highest BCUT2D eigenvalue weighted by molar-refractivity contribution is 5.86. The molecule has 2 amide bonds. The van der Waals surface area contributed by atoms with Crippen LogP contribution in [0.5, 0.6) is 23.0 Å². The van der Waals surface area contributed by atoms with Gasteiger partial charge in [0.25, 0.3) is 5.91 Å². The second-order valence-corrected chi connectivity index (χ2v) is 6.13. The van der Waals surface area contributed by atoms with E-state index in [-0.39, 0.29) is 24.7 Å². The Morgan fingerprint density at radius 3 is 2.73 bits per heavy atom. The molecule has 0 aromatic heterocycles. The van der Waals surface area contributed by atoms with E-state index in [2.05, 4.69) is 5.32 Å². The van der Waals surface area contributed by atoms with Crippen LogP contribution >= 0.6 is 0 Å². The molecule has 158 valence electrons. The van der Waals surface area contributed by atoms with Crippen LogP contribution in [0.15, 0.2) is 48.6 Å². The standard InChI is InChI=1S/C20H20N2O8/c1-27-16-7-5-12(9-14(16)23)15(3-2-4-19(24)22-26)30-20(25)21-13-6-8-17-18(10-13)29-11-28-17/h2,4-10,15,23,26H,3,11H2,1H3,(H,21,25)(H,22,24)/b4-2+/t15-/m0/s1. The van der Waals surface area contributed by atoms with Gasteiger partial charge in [-0.2, -0.15) is 0 Å². The van der Waals surface area contributed by atoms with E-state index < -0.39 is 18.1 Å². The van der Waals surface area contributed by atoms with Gasteiger partial charge in [-0.05, 0) is 29.8 Å². The molecule has 30 heavy (non-hydrogen) atoms. The van der Waals surface area contributed by atoms with Gasteiger partial charge in [0.2, 0.25) is 6.79 Å². The topological polar surface area (TPSA) is 136 Å². The first kappa shape index (κ1) is 20.8. The van der Waals surface area contributed by atoms with Crippen LogP contribution in [0, 0.1) is 0 Å². The van der Waals surface area contributed by atoms with Crippen molar-refractivity contribution in [3.8, 4) is 23.0 Å². The van der Waals surface area contributed by atoms with Gasteiger partial charge >= 0.3 is 6.09 Å². The fraction of sp³-hybridized carbons (Fsp3) is 0.200. The number of ether oxygens (including phenoxy) is 4. The Balaban J connectivity index is 1.73. The highest BCUT2D eigenvalue weighted by Crippen LogP contribution is 2.35. The number of methoxy groups -OCH3 is 1. The minimum atomic E-state index is -0.835. The van der Waals surface area contributed by atoms with Crippen molar-refractivity contribution in [2.45, 2.75) is 12.5 Å². The largest absolute Gasteiger partial charge is 0.504 e. The molecule has 10 nitrogen and oxygen atoms in total. The highest BCUT2D eigenvalue weighted by atomic mass is 16.7. The number of phenolic OH excluding ortho intramolecular Hbond substituents is 1. The second-order valence-electron chi connectivity index (χ2n) is 6.13. The number of carbonyl (C=O) groups is 2. The lowest BCUT2D eigenvalue weighted by Gasteiger charge is -2.18. The lowest BCUT2D eigenvalue weighted by Crippen LogP contribution is -2.18. The number of rotatable bonds is 7. The normalized spacial score (nSPS) is 13.0. The summed E-state index contributed by atoms with van der Waals surface area (Å²) in [5, 5.41) is 21.2. The minimum Gasteiger partial charge on any atom is -0.504 e. The van der Waals surface area contributed by atoms with Crippen LogP contribution < -0.4 is 25.0 Å². The predicted molar refractivity (Wildman–Crippen MR) is 104 cm³/mol. The molecule has 0 radical (unpaired) electrons. The third-order valence-corrected chi connectivity index (χ3v) is 4.17. The average Bonchev–Trinajstić information content (AvgIpc) is 3.20. The van der Waals surface area contributed by atoms with Gasteiger partial charge in [0.1, 0.15) is 6.10 Å². The maximum atomic E-state index is 12.4. The summed E-state index contributed by atoms with van der Waals surface area (Å²) in [5.74, 6) is 0.487. The number of hydrogen-bond acceptors (Lipinski definition) is 8.